The highest BCUT2D eigenvalue weighted by Crippen LogP contribution is 2.14. The standard InChI is InChI=1S/C9H10ClNS/c1-8-3-4-9(11-7-8)12-6-2-5-10/h2-5,7H,6H2,1H3/b5-2+. The van der Waals surface area contributed by atoms with Crippen LogP contribution in [0.1, 0.15) is 5.56 Å². The minimum atomic E-state index is 0.875. The van der Waals surface area contributed by atoms with Gasteiger partial charge >= 0.3 is 0 Å². The Bertz CT molecular complexity index is 256. The fourth-order valence-electron chi connectivity index (χ4n) is 0.709. The molecule has 0 unspecified atom stereocenters. The topological polar surface area (TPSA) is 12.9 Å². The maximum Gasteiger partial charge on any atom is 0.0963 e. The van der Waals surface area contributed by atoms with Crippen LogP contribution in [0.5, 0.6) is 0 Å². The SMILES string of the molecule is Cc1ccc(SC/C=C/Cl)nc1. The van der Waals surface area contributed by atoms with Crippen molar-refractivity contribution >= 4 is 23.4 Å². The monoisotopic (exact) mass is 199 g/mol. The summed E-state index contributed by atoms with van der Waals surface area (Å²) in [7, 11) is 0. The van der Waals surface area contributed by atoms with Gasteiger partial charge in [0.2, 0.25) is 0 Å². The summed E-state index contributed by atoms with van der Waals surface area (Å²) in [4.78, 5) is 4.24. The van der Waals surface area contributed by atoms with Gasteiger partial charge in [-0.3, -0.25) is 0 Å². The summed E-state index contributed by atoms with van der Waals surface area (Å²) in [5.74, 6) is 0.875. The second-order valence-electron chi connectivity index (χ2n) is 2.35. The summed E-state index contributed by atoms with van der Waals surface area (Å²) in [6.45, 7) is 2.03. The van der Waals surface area contributed by atoms with Gasteiger partial charge in [-0.1, -0.05) is 23.7 Å². The predicted octanol–water partition coefficient (Wildman–Crippen LogP) is 3.23. The number of aromatic nitrogens is 1. The van der Waals surface area contributed by atoms with Crippen LogP contribution in [0.4, 0.5) is 0 Å². The van der Waals surface area contributed by atoms with Gasteiger partial charge < -0.3 is 0 Å². The van der Waals surface area contributed by atoms with Gasteiger partial charge in [-0.05, 0) is 18.6 Å². The molecule has 0 aliphatic carbocycles. The van der Waals surface area contributed by atoms with E-state index in [1.807, 2.05) is 25.3 Å². The number of aryl methyl sites for hydroxylation is 1. The van der Waals surface area contributed by atoms with E-state index in [-0.39, 0.29) is 0 Å². The first-order valence-corrected chi connectivity index (χ1v) is 5.06. The summed E-state index contributed by atoms with van der Waals surface area (Å²) in [6, 6.07) is 4.07. The Balaban J connectivity index is 2.47. The van der Waals surface area contributed by atoms with Crippen LogP contribution in [0.2, 0.25) is 0 Å². The minimum Gasteiger partial charge on any atom is -0.250 e. The molecular formula is C9H10ClNS. The van der Waals surface area contributed by atoms with E-state index in [1.165, 1.54) is 11.1 Å². The third-order valence-corrected chi connectivity index (χ3v) is 2.38. The average Bonchev–Trinajstić information content (AvgIpc) is 2.09. The lowest BCUT2D eigenvalue weighted by atomic mass is 10.3. The van der Waals surface area contributed by atoms with Crippen molar-refractivity contribution in [2.24, 2.45) is 0 Å². The molecular weight excluding hydrogens is 190 g/mol. The zero-order valence-electron chi connectivity index (χ0n) is 6.83. The van der Waals surface area contributed by atoms with Gasteiger partial charge in [-0.15, -0.1) is 11.8 Å². The van der Waals surface area contributed by atoms with Crippen molar-refractivity contribution in [1.29, 1.82) is 0 Å². The van der Waals surface area contributed by atoms with E-state index in [1.54, 1.807) is 11.8 Å². The number of hydrogen-bond acceptors (Lipinski definition) is 2. The molecule has 0 amide bonds. The number of halogens is 1. The first-order valence-electron chi connectivity index (χ1n) is 3.63. The summed E-state index contributed by atoms with van der Waals surface area (Å²) in [5.41, 5.74) is 2.72. The lowest BCUT2D eigenvalue weighted by molar-refractivity contribution is 1.11. The largest absolute Gasteiger partial charge is 0.250 e. The average molecular weight is 200 g/mol. The van der Waals surface area contributed by atoms with Crippen molar-refractivity contribution < 1.29 is 0 Å². The highest BCUT2D eigenvalue weighted by molar-refractivity contribution is 7.99. The summed E-state index contributed by atoms with van der Waals surface area (Å²) < 4.78 is 0. The Kier molecular flexibility index (Phi) is 4.19. The lowest BCUT2D eigenvalue weighted by Gasteiger charge is -1.96. The smallest absolute Gasteiger partial charge is 0.0963 e. The van der Waals surface area contributed by atoms with E-state index in [4.69, 9.17) is 11.6 Å². The van der Waals surface area contributed by atoms with Crippen LogP contribution >= 0.6 is 23.4 Å². The molecule has 0 aromatic carbocycles. The number of nitrogens with zero attached hydrogens (tertiary/aromatic N) is 1. The van der Waals surface area contributed by atoms with Crippen LogP contribution in [0.3, 0.4) is 0 Å². The molecule has 0 saturated carbocycles. The molecule has 0 aliphatic heterocycles. The van der Waals surface area contributed by atoms with Crippen molar-refractivity contribution in [2.45, 2.75) is 11.9 Å². The Morgan fingerprint density at radius 2 is 2.42 bits per heavy atom. The molecule has 1 rings (SSSR count). The molecule has 0 aliphatic rings. The van der Waals surface area contributed by atoms with E-state index in [0.29, 0.717) is 0 Å². The zero-order chi connectivity index (χ0) is 8.81. The highest BCUT2D eigenvalue weighted by atomic mass is 35.5. The molecule has 0 fully saturated rings. The van der Waals surface area contributed by atoms with Crippen LogP contribution < -0.4 is 0 Å². The van der Waals surface area contributed by atoms with Gasteiger partial charge in [0.15, 0.2) is 0 Å². The summed E-state index contributed by atoms with van der Waals surface area (Å²) in [5, 5.41) is 1.04. The van der Waals surface area contributed by atoms with E-state index in [0.717, 1.165) is 10.8 Å². The highest BCUT2D eigenvalue weighted by Gasteiger charge is 1.91. The molecule has 0 radical (unpaired) electrons. The zero-order valence-corrected chi connectivity index (χ0v) is 8.40. The first-order chi connectivity index (χ1) is 5.83. The van der Waals surface area contributed by atoms with Gasteiger partial charge in [0, 0.05) is 17.5 Å². The fraction of sp³-hybridized carbons (Fsp3) is 0.222. The van der Waals surface area contributed by atoms with Crippen LogP contribution in [-0.4, -0.2) is 10.7 Å². The van der Waals surface area contributed by atoms with Crippen molar-refractivity contribution in [1.82, 2.24) is 4.98 Å². The molecule has 0 atom stereocenters. The molecule has 0 saturated heterocycles. The number of hydrogen-bond donors (Lipinski definition) is 0. The molecule has 3 heteroatoms. The van der Waals surface area contributed by atoms with Crippen molar-refractivity contribution in [3.05, 3.63) is 35.5 Å². The molecule has 0 bridgehead atoms. The maximum absolute atomic E-state index is 5.38. The third kappa shape index (κ3) is 3.28. The Labute approximate surface area is 81.8 Å². The molecule has 1 heterocycles. The second-order valence-corrected chi connectivity index (χ2v) is 3.64. The summed E-state index contributed by atoms with van der Waals surface area (Å²) in [6.07, 6.45) is 3.76. The van der Waals surface area contributed by atoms with Crippen LogP contribution in [0.25, 0.3) is 0 Å². The molecule has 0 N–H and O–H groups in total. The van der Waals surface area contributed by atoms with E-state index >= 15 is 0 Å². The predicted molar refractivity (Wildman–Crippen MR) is 54.7 cm³/mol. The number of rotatable bonds is 3. The normalized spacial score (nSPS) is 10.8. The molecule has 1 aromatic heterocycles. The van der Waals surface area contributed by atoms with E-state index in [2.05, 4.69) is 11.1 Å². The Morgan fingerprint density at radius 1 is 1.58 bits per heavy atom. The molecule has 1 nitrogen and oxygen atoms in total. The number of thioether (sulfide) groups is 1. The van der Waals surface area contributed by atoms with Crippen molar-refractivity contribution in [3.8, 4) is 0 Å². The van der Waals surface area contributed by atoms with E-state index < -0.39 is 0 Å². The van der Waals surface area contributed by atoms with Gasteiger partial charge in [-0.25, -0.2) is 4.98 Å². The van der Waals surface area contributed by atoms with Gasteiger partial charge in [0.25, 0.3) is 0 Å². The third-order valence-electron chi connectivity index (χ3n) is 1.30. The van der Waals surface area contributed by atoms with Gasteiger partial charge in [0.1, 0.15) is 0 Å². The molecule has 0 spiro atoms. The minimum absolute atomic E-state index is 0.875. The quantitative estimate of drug-likeness (QED) is 0.694. The molecule has 12 heavy (non-hydrogen) atoms. The molecule has 1 aromatic rings. The summed E-state index contributed by atoms with van der Waals surface area (Å²) >= 11 is 7.05. The van der Waals surface area contributed by atoms with Gasteiger partial charge in [-0.2, -0.15) is 0 Å². The first kappa shape index (κ1) is 9.62. The van der Waals surface area contributed by atoms with Crippen LogP contribution in [-0.2, 0) is 0 Å². The Morgan fingerprint density at radius 3 is 3.00 bits per heavy atom. The van der Waals surface area contributed by atoms with Crippen LogP contribution in [0.15, 0.2) is 35.0 Å². The van der Waals surface area contributed by atoms with Crippen molar-refractivity contribution in [2.75, 3.05) is 5.75 Å². The van der Waals surface area contributed by atoms with E-state index in [9.17, 15) is 0 Å². The maximum atomic E-state index is 5.38. The van der Waals surface area contributed by atoms with Crippen LogP contribution in [0, 0.1) is 6.92 Å². The lowest BCUT2D eigenvalue weighted by Crippen LogP contribution is -1.80. The fourth-order valence-corrected chi connectivity index (χ4v) is 1.56. The Hall–Kier alpha value is -0.470. The van der Waals surface area contributed by atoms with Gasteiger partial charge in [0.05, 0.1) is 5.03 Å². The second kappa shape index (κ2) is 5.22. The number of pyridine rings is 1. The van der Waals surface area contributed by atoms with Crippen molar-refractivity contribution in [3.63, 3.8) is 0 Å². The molecule has 64 valence electrons.